The first-order valence-corrected chi connectivity index (χ1v) is 13.8. The van der Waals surface area contributed by atoms with Gasteiger partial charge in [0.1, 0.15) is 0 Å². The lowest BCUT2D eigenvalue weighted by Gasteiger charge is -2.25. The second-order valence-corrected chi connectivity index (χ2v) is 10.3. The Morgan fingerprint density at radius 2 is 1.71 bits per heavy atom. The zero-order chi connectivity index (χ0) is 29.5. The Balaban J connectivity index is 1.36. The number of hydrazone groups is 1. The van der Waals surface area contributed by atoms with Gasteiger partial charge in [0.15, 0.2) is 0 Å². The van der Waals surface area contributed by atoms with Crippen molar-refractivity contribution < 1.29 is 22.8 Å². The maximum absolute atomic E-state index is 13.5. The zero-order valence-electron chi connectivity index (χ0n) is 22.7. The van der Waals surface area contributed by atoms with E-state index >= 15 is 0 Å². The molecule has 1 heterocycles. The van der Waals surface area contributed by atoms with Crippen LogP contribution >= 0.6 is 0 Å². The number of nitrogens with one attached hydrogen (secondary N) is 4. The van der Waals surface area contributed by atoms with Crippen molar-refractivity contribution in [2.24, 2.45) is 5.10 Å². The number of rotatable bonds is 7. The van der Waals surface area contributed by atoms with E-state index < -0.39 is 11.7 Å². The molecular weight excluding hydrogens is 545 g/mol. The molecule has 0 radical (unpaired) electrons. The van der Waals surface area contributed by atoms with Crippen LogP contribution in [-0.2, 0) is 17.5 Å². The lowest BCUT2D eigenvalue weighted by Crippen LogP contribution is -2.43. The van der Waals surface area contributed by atoms with E-state index in [0.29, 0.717) is 17.2 Å². The van der Waals surface area contributed by atoms with Crippen molar-refractivity contribution in [3.63, 3.8) is 0 Å². The highest BCUT2D eigenvalue weighted by Gasteiger charge is 2.30. The van der Waals surface area contributed by atoms with Crippen LogP contribution in [-0.4, -0.2) is 17.8 Å². The fraction of sp³-hybridized carbons (Fsp3) is 0.258. The van der Waals surface area contributed by atoms with Crippen molar-refractivity contribution in [2.45, 2.75) is 50.7 Å². The molecule has 1 aliphatic heterocycles. The summed E-state index contributed by atoms with van der Waals surface area (Å²) in [5.41, 5.74) is 10.2. The van der Waals surface area contributed by atoms with Crippen LogP contribution in [0, 0.1) is 0 Å². The Morgan fingerprint density at radius 3 is 2.38 bits per heavy atom. The van der Waals surface area contributed by atoms with Gasteiger partial charge in [-0.2, -0.15) is 13.2 Å². The van der Waals surface area contributed by atoms with Crippen molar-refractivity contribution >= 4 is 29.5 Å². The molecule has 0 aromatic heterocycles. The number of hydrogen-bond donors (Lipinski definition) is 4. The van der Waals surface area contributed by atoms with Gasteiger partial charge in [0.2, 0.25) is 5.96 Å². The van der Waals surface area contributed by atoms with Gasteiger partial charge in [0, 0.05) is 17.3 Å². The van der Waals surface area contributed by atoms with Gasteiger partial charge in [-0.25, -0.2) is 5.53 Å². The van der Waals surface area contributed by atoms with Crippen LogP contribution in [0.1, 0.15) is 70.6 Å². The van der Waals surface area contributed by atoms with Crippen molar-refractivity contribution in [1.82, 2.24) is 21.8 Å². The molecule has 0 bridgehead atoms. The van der Waals surface area contributed by atoms with E-state index in [0.717, 1.165) is 30.5 Å². The molecule has 4 N–H and O–H groups in total. The highest BCUT2D eigenvalue weighted by Crippen LogP contribution is 2.34. The first-order chi connectivity index (χ1) is 20.3. The summed E-state index contributed by atoms with van der Waals surface area (Å²) in [5.74, 6) is -0.0167. The predicted molar refractivity (Wildman–Crippen MR) is 155 cm³/mol. The van der Waals surface area contributed by atoms with Crippen LogP contribution in [0.15, 0.2) is 84.0 Å². The highest BCUT2D eigenvalue weighted by atomic mass is 19.4. The first-order valence-electron chi connectivity index (χ1n) is 13.8. The number of alkyl halides is 3. The molecule has 2 aliphatic rings. The number of anilines is 1. The normalized spacial score (nSPS) is 15.5. The fourth-order valence-electron chi connectivity index (χ4n) is 5.12. The Labute approximate surface area is 241 Å². The van der Waals surface area contributed by atoms with Gasteiger partial charge in [-0.3, -0.25) is 20.3 Å². The molecule has 0 spiro atoms. The van der Waals surface area contributed by atoms with Gasteiger partial charge in [0.25, 0.3) is 11.8 Å². The monoisotopic (exact) mass is 576 g/mol. The molecule has 1 fully saturated rings. The average Bonchev–Trinajstić information content (AvgIpc) is 3.52. The number of hydrogen-bond acceptors (Lipinski definition) is 6. The molecule has 8 nitrogen and oxygen atoms in total. The van der Waals surface area contributed by atoms with Gasteiger partial charge in [0.05, 0.1) is 12.1 Å². The number of guanidine groups is 1. The summed E-state index contributed by atoms with van der Waals surface area (Å²) in [7, 11) is 0. The van der Waals surface area contributed by atoms with Crippen molar-refractivity contribution in [1.29, 1.82) is 0 Å². The lowest BCUT2D eigenvalue weighted by atomic mass is 9.84. The van der Waals surface area contributed by atoms with Crippen LogP contribution < -0.4 is 26.7 Å². The molecule has 3 aromatic carbocycles. The van der Waals surface area contributed by atoms with Gasteiger partial charge >= 0.3 is 6.18 Å². The minimum Gasteiger partial charge on any atom is -0.304 e. The maximum Gasteiger partial charge on any atom is 0.416 e. The summed E-state index contributed by atoms with van der Waals surface area (Å²) in [6.07, 6.45) is 4.18. The van der Waals surface area contributed by atoms with Crippen LogP contribution in [0.3, 0.4) is 0 Å². The third kappa shape index (κ3) is 7.35. The van der Waals surface area contributed by atoms with Gasteiger partial charge in [-0.1, -0.05) is 55.7 Å². The van der Waals surface area contributed by atoms with Crippen molar-refractivity contribution in [3.05, 3.63) is 107 Å². The molecule has 218 valence electrons. The number of carbonyl (C=O) groups excluding carboxylic acids is 2. The number of nitrogens with zero attached hydrogens (tertiary/aromatic N) is 2. The highest BCUT2D eigenvalue weighted by molar-refractivity contribution is 6.06. The molecule has 0 unspecified atom stereocenters. The SMILES string of the molecule is O=C(NC1=NNNN1)c1ccc(CN(C(=O)/C=C/c2cccc(C(F)(F)F)c2)c2ccc(C3CCCCC3)cc2)cc1. The first kappa shape index (κ1) is 28.9. The average molecular weight is 577 g/mol. The summed E-state index contributed by atoms with van der Waals surface area (Å²) in [4.78, 5) is 27.5. The Morgan fingerprint density at radius 1 is 0.976 bits per heavy atom. The number of hydrazine groups is 2. The summed E-state index contributed by atoms with van der Waals surface area (Å²) in [5, 5.41) is 6.42. The number of halogens is 3. The van der Waals surface area contributed by atoms with Crippen molar-refractivity contribution in [2.75, 3.05) is 4.90 Å². The minimum atomic E-state index is -4.47. The Kier molecular flexibility index (Phi) is 8.87. The molecule has 0 atom stereocenters. The summed E-state index contributed by atoms with van der Waals surface area (Å²) >= 11 is 0. The third-order valence-electron chi connectivity index (χ3n) is 7.37. The van der Waals surface area contributed by atoms with E-state index in [2.05, 4.69) is 39.0 Å². The van der Waals surface area contributed by atoms with Gasteiger partial charge in [-0.15, -0.1) is 10.6 Å². The van der Waals surface area contributed by atoms with Gasteiger partial charge in [-0.05, 0) is 77.9 Å². The van der Waals surface area contributed by atoms with E-state index in [1.165, 1.54) is 49.1 Å². The molecular formula is C31H31F3N6O2. The maximum atomic E-state index is 13.5. The second kappa shape index (κ2) is 12.9. The van der Waals surface area contributed by atoms with Crippen LogP contribution in [0.5, 0.6) is 0 Å². The summed E-state index contributed by atoms with van der Waals surface area (Å²) < 4.78 is 39.5. The lowest BCUT2D eigenvalue weighted by molar-refractivity contribution is -0.137. The topological polar surface area (TPSA) is 97.9 Å². The summed E-state index contributed by atoms with van der Waals surface area (Å²) in [6.45, 7) is 0.193. The zero-order valence-corrected chi connectivity index (χ0v) is 22.7. The van der Waals surface area contributed by atoms with E-state index in [-0.39, 0.29) is 29.9 Å². The fourth-order valence-corrected chi connectivity index (χ4v) is 5.12. The molecule has 1 saturated carbocycles. The Bertz CT molecular complexity index is 1460. The number of carbonyl (C=O) groups is 2. The molecule has 11 heteroatoms. The van der Waals surface area contributed by atoms with Gasteiger partial charge < -0.3 is 4.90 Å². The van der Waals surface area contributed by atoms with Crippen LogP contribution in [0.2, 0.25) is 0 Å². The largest absolute Gasteiger partial charge is 0.416 e. The molecule has 1 aliphatic carbocycles. The molecule has 5 rings (SSSR count). The number of amides is 2. The summed E-state index contributed by atoms with van der Waals surface area (Å²) in [6, 6.07) is 19.6. The molecule has 3 aromatic rings. The number of benzene rings is 3. The predicted octanol–water partition coefficient (Wildman–Crippen LogP) is 5.61. The standard InChI is InChI=1S/C31H31F3N6O2/c32-31(33,34)26-8-4-5-21(19-26)11-18-28(41)40(27-16-14-24(15-17-27)23-6-2-1-3-7-23)20-22-9-12-25(13-10-22)29(42)35-30-36-38-39-37-30/h4-5,8-19,23,38-39H,1-3,6-7,20H2,(H2,35,36,37,42)/b18-11+. The molecule has 2 amide bonds. The third-order valence-corrected chi connectivity index (χ3v) is 7.37. The second-order valence-electron chi connectivity index (χ2n) is 10.3. The molecule has 0 saturated heterocycles. The van der Waals surface area contributed by atoms with Crippen LogP contribution in [0.4, 0.5) is 18.9 Å². The van der Waals surface area contributed by atoms with Crippen molar-refractivity contribution in [3.8, 4) is 0 Å². The smallest absolute Gasteiger partial charge is 0.304 e. The van der Waals surface area contributed by atoms with E-state index in [1.807, 2.05) is 12.1 Å². The minimum absolute atomic E-state index is 0.193. The van der Waals surface area contributed by atoms with Crippen LogP contribution in [0.25, 0.3) is 6.08 Å². The van der Waals surface area contributed by atoms with E-state index in [1.54, 1.807) is 29.2 Å². The Hall–Kier alpha value is -4.64. The van der Waals surface area contributed by atoms with E-state index in [9.17, 15) is 22.8 Å². The quantitative estimate of drug-likeness (QED) is 0.274. The molecule has 42 heavy (non-hydrogen) atoms. The van der Waals surface area contributed by atoms with E-state index in [4.69, 9.17) is 0 Å².